The van der Waals surface area contributed by atoms with Crippen molar-refractivity contribution >= 4 is 40.4 Å². The van der Waals surface area contributed by atoms with E-state index in [0.717, 1.165) is 46.0 Å². The number of aliphatic hydroxyl groups is 2. The molecule has 0 saturated heterocycles. The number of nitrogens with two attached hydrogens (primary N) is 1. The third-order valence-corrected chi connectivity index (χ3v) is 6.43. The topological polar surface area (TPSA) is 147 Å². The van der Waals surface area contributed by atoms with E-state index in [1.165, 1.54) is 0 Å². The SMILES string of the molecule is Clc1cccc(Nc2ccc(Oc3ccccc3)cc2)n1.NCCO.OCCNc1cccc(Nc2ccc(Oc3ccccc3)cc2)n1. The summed E-state index contributed by atoms with van der Waals surface area (Å²) >= 11 is 5.86. The van der Waals surface area contributed by atoms with E-state index in [4.69, 9.17) is 37.0 Å². The standard InChI is InChI=1S/C19H19N3O2.C17H13ClN2O.C2H7NO/c23-14-13-20-18-7-4-8-19(22-18)21-15-9-11-17(12-10-15)24-16-5-2-1-3-6-16;18-16-7-4-8-17(20-16)19-13-9-11-15(12-10-13)21-14-5-2-1-3-6-14;3-1-2-4/h1-12,23H,13-14H2,(H2,20,21,22);1-12H,(H,19,20);4H,1-3H2. The molecule has 49 heavy (non-hydrogen) atoms. The molecule has 6 rings (SSSR count). The van der Waals surface area contributed by atoms with Gasteiger partial charge in [-0.25, -0.2) is 9.97 Å². The van der Waals surface area contributed by atoms with E-state index < -0.39 is 0 Å². The zero-order chi connectivity index (χ0) is 34.5. The predicted molar refractivity (Wildman–Crippen MR) is 198 cm³/mol. The maximum Gasteiger partial charge on any atom is 0.132 e. The van der Waals surface area contributed by atoms with Crippen molar-refractivity contribution in [2.45, 2.75) is 0 Å². The zero-order valence-electron chi connectivity index (χ0n) is 26.7. The minimum atomic E-state index is 0.0716. The van der Waals surface area contributed by atoms with Gasteiger partial charge < -0.3 is 41.4 Å². The van der Waals surface area contributed by atoms with Crippen LogP contribution in [0.4, 0.5) is 28.8 Å². The Kier molecular flexibility index (Phi) is 15.2. The Morgan fingerprint density at radius 2 is 0.939 bits per heavy atom. The fraction of sp³-hybridized carbons (Fsp3) is 0.105. The van der Waals surface area contributed by atoms with Gasteiger partial charge in [0, 0.05) is 24.5 Å². The van der Waals surface area contributed by atoms with Crippen LogP contribution in [0.25, 0.3) is 0 Å². The summed E-state index contributed by atoms with van der Waals surface area (Å²) in [5, 5.41) is 26.5. The fourth-order valence-electron chi connectivity index (χ4n) is 4.02. The van der Waals surface area contributed by atoms with Crippen molar-refractivity contribution < 1.29 is 19.7 Å². The summed E-state index contributed by atoms with van der Waals surface area (Å²) in [7, 11) is 0. The number of halogens is 1. The van der Waals surface area contributed by atoms with Crippen LogP contribution in [-0.2, 0) is 0 Å². The van der Waals surface area contributed by atoms with E-state index in [0.29, 0.717) is 24.1 Å². The minimum absolute atomic E-state index is 0.0716. The molecule has 0 aliphatic carbocycles. The number of pyridine rings is 2. The van der Waals surface area contributed by atoms with Gasteiger partial charge in [-0.3, -0.25) is 0 Å². The normalized spacial score (nSPS) is 9.96. The molecule has 7 N–H and O–H groups in total. The first kappa shape index (κ1) is 36.2. The molecule has 0 unspecified atom stereocenters. The monoisotopic (exact) mass is 678 g/mol. The number of nitrogens with one attached hydrogen (secondary N) is 3. The molecule has 252 valence electrons. The van der Waals surface area contributed by atoms with Gasteiger partial charge in [0.25, 0.3) is 0 Å². The van der Waals surface area contributed by atoms with Gasteiger partial charge in [0.1, 0.15) is 45.6 Å². The maximum absolute atomic E-state index is 8.85. The molecule has 10 nitrogen and oxygen atoms in total. The number of aliphatic hydroxyl groups excluding tert-OH is 2. The number of hydrogen-bond acceptors (Lipinski definition) is 10. The van der Waals surface area contributed by atoms with Crippen molar-refractivity contribution in [3.63, 3.8) is 0 Å². The van der Waals surface area contributed by atoms with Crippen LogP contribution in [0.1, 0.15) is 0 Å². The van der Waals surface area contributed by atoms with Crippen molar-refractivity contribution in [1.82, 2.24) is 9.97 Å². The van der Waals surface area contributed by atoms with Crippen LogP contribution in [0.15, 0.2) is 146 Å². The molecule has 2 heterocycles. The number of nitrogens with zero attached hydrogens (tertiary/aromatic N) is 2. The summed E-state index contributed by atoms with van der Waals surface area (Å²) in [6.07, 6.45) is 0. The van der Waals surface area contributed by atoms with E-state index in [9.17, 15) is 0 Å². The van der Waals surface area contributed by atoms with Crippen LogP contribution in [0.3, 0.4) is 0 Å². The van der Waals surface area contributed by atoms with Crippen molar-refractivity contribution in [2.75, 3.05) is 42.3 Å². The Bertz CT molecular complexity index is 1780. The number of aromatic nitrogens is 2. The second-order valence-electron chi connectivity index (χ2n) is 10.0. The average Bonchev–Trinajstić information content (AvgIpc) is 3.14. The van der Waals surface area contributed by atoms with E-state index in [1.807, 2.05) is 140 Å². The van der Waals surface area contributed by atoms with Gasteiger partial charge in [-0.2, -0.15) is 0 Å². The van der Waals surface area contributed by atoms with E-state index in [1.54, 1.807) is 6.07 Å². The molecule has 0 radical (unpaired) electrons. The van der Waals surface area contributed by atoms with Gasteiger partial charge in [-0.15, -0.1) is 0 Å². The largest absolute Gasteiger partial charge is 0.457 e. The smallest absolute Gasteiger partial charge is 0.132 e. The number of benzene rings is 4. The Labute approximate surface area is 291 Å². The molecule has 0 aliphatic heterocycles. The predicted octanol–water partition coefficient (Wildman–Crippen LogP) is 8.23. The molecule has 0 spiro atoms. The molecule has 11 heteroatoms. The molecule has 0 saturated carbocycles. The number of para-hydroxylation sites is 2. The number of rotatable bonds is 12. The van der Waals surface area contributed by atoms with Crippen LogP contribution in [0, 0.1) is 0 Å². The summed E-state index contributed by atoms with van der Waals surface area (Å²) in [6.45, 7) is 1.02. The van der Waals surface area contributed by atoms with Crippen LogP contribution >= 0.6 is 11.6 Å². The summed E-state index contributed by atoms with van der Waals surface area (Å²) in [6, 6.07) is 45.8. The summed E-state index contributed by atoms with van der Waals surface area (Å²) in [5.41, 5.74) is 6.62. The van der Waals surface area contributed by atoms with Crippen LogP contribution < -0.4 is 31.2 Å². The molecular formula is C38H39ClN6O4. The van der Waals surface area contributed by atoms with E-state index in [2.05, 4.69) is 25.9 Å². The van der Waals surface area contributed by atoms with Gasteiger partial charge in [0.15, 0.2) is 0 Å². The van der Waals surface area contributed by atoms with Gasteiger partial charge >= 0.3 is 0 Å². The first-order valence-corrected chi connectivity index (χ1v) is 15.9. The summed E-state index contributed by atoms with van der Waals surface area (Å²) in [5.74, 6) is 5.34. The maximum atomic E-state index is 8.85. The zero-order valence-corrected chi connectivity index (χ0v) is 27.5. The lowest BCUT2D eigenvalue weighted by molar-refractivity contribution is 0.306. The number of hydrogen-bond donors (Lipinski definition) is 6. The Morgan fingerprint density at radius 1 is 0.510 bits per heavy atom. The highest BCUT2D eigenvalue weighted by atomic mass is 35.5. The summed E-state index contributed by atoms with van der Waals surface area (Å²) in [4.78, 5) is 8.61. The molecular weight excluding hydrogens is 640 g/mol. The van der Waals surface area contributed by atoms with E-state index >= 15 is 0 Å². The van der Waals surface area contributed by atoms with Crippen molar-refractivity contribution in [1.29, 1.82) is 0 Å². The highest BCUT2D eigenvalue weighted by molar-refractivity contribution is 6.29. The third-order valence-electron chi connectivity index (χ3n) is 6.22. The second-order valence-corrected chi connectivity index (χ2v) is 10.4. The lowest BCUT2D eigenvalue weighted by Gasteiger charge is -2.10. The summed E-state index contributed by atoms with van der Waals surface area (Å²) < 4.78 is 11.5. The molecule has 0 fully saturated rings. The van der Waals surface area contributed by atoms with Crippen LogP contribution in [0.2, 0.25) is 5.15 Å². The molecule has 6 aromatic rings. The van der Waals surface area contributed by atoms with Gasteiger partial charge in [0.05, 0.1) is 13.2 Å². The Balaban J connectivity index is 0.000000201. The van der Waals surface area contributed by atoms with Gasteiger partial charge in [0.2, 0.25) is 0 Å². The molecule has 0 aliphatic rings. The quantitative estimate of drug-likeness (QED) is 0.0700. The van der Waals surface area contributed by atoms with E-state index in [-0.39, 0.29) is 13.2 Å². The fourth-order valence-corrected chi connectivity index (χ4v) is 4.19. The number of anilines is 5. The lowest BCUT2D eigenvalue weighted by atomic mass is 10.3. The molecule has 2 aromatic heterocycles. The van der Waals surface area contributed by atoms with Crippen LogP contribution in [0.5, 0.6) is 23.0 Å². The molecule has 0 amide bonds. The highest BCUT2D eigenvalue weighted by Gasteiger charge is 2.02. The minimum Gasteiger partial charge on any atom is -0.457 e. The van der Waals surface area contributed by atoms with Gasteiger partial charge in [-0.05, 0) is 97.1 Å². The lowest BCUT2D eigenvalue weighted by Crippen LogP contribution is -2.07. The van der Waals surface area contributed by atoms with Crippen molar-refractivity contribution in [3.05, 3.63) is 151 Å². The second kappa shape index (κ2) is 20.6. The van der Waals surface area contributed by atoms with Crippen molar-refractivity contribution in [3.8, 4) is 23.0 Å². The number of ether oxygens (including phenoxy) is 2. The highest BCUT2D eigenvalue weighted by Crippen LogP contribution is 2.25. The molecule has 4 aromatic carbocycles. The first-order valence-electron chi connectivity index (χ1n) is 15.5. The molecule has 0 atom stereocenters. The Morgan fingerprint density at radius 3 is 1.39 bits per heavy atom. The van der Waals surface area contributed by atoms with Crippen LogP contribution in [-0.4, -0.2) is 46.5 Å². The molecule has 0 bridgehead atoms. The average molecular weight is 679 g/mol. The first-order chi connectivity index (χ1) is 24.0. The third kappa shape index (κ3) is 13.5. The Hall–Kier alpha value is -5.65. The van der Waals surface area contributed by atoms with Gasteiger partial charge in [-0.1, -0.05) is 60.1 Å². The van der Waals surface area contributed by atoms with Crippen molar-refractivity contribution in [2.24, 2.45) is 5.73 Å².